The molecule has 0 aromatic heterocycles. The maximum atomic E-state index is 12.2. The van der Waals surface area contributed by atoms with Gasteiger partial charge < -0.3 is 25.4 Å². The Bertz CT molecular complexity index is 1550. The average molecular weight is 694 g/mol. The maximum absolute atomic E-state index is 12.2. The van der Waals surface area contributed by atoms with Crippen molar-refractivity contribution in [2.24, 2.45) is 28.6 Å². The fraction of sp³-hybridized carbons (Fsp3) is 0.625. The number of allylic oxidation sites excluding steroid dienone is 1. The SMILES string of the molecule is CC(=O)S[C@@H]1CC2=CC(=O)CC[C@]2(C)[C@H]2CC[C@@]3(C)[C@@H](CCC3(O)CCC(=O)O)[C@H]12.CC(C)NCC(O)COc1cccc2ccccc12. The molecular weight excluding hydrogens is 639 g/mol. The van der Waals surface area contributed by atoms with Crippen molar-refractivity contribution in [3.8, 4) is 5.75 Å². The van der Waals surface area contributed by atoms with Crippen molar-refractivity contribution in [1.29, 1.82) is 0 Å². The molecule has 0 saturated heterocycles. The molecule has 2 aromatic carbocycles. The van der Waals surface area contributed by atoms with E-state index in [9.17, 15) is 29.7 Å². The zero-order chi connectivity index (χ0) is 35.6. The zero-order valence-corrected chi connectivity index (χ0v) is 30.6. The molecule has 0 bridgehead atoms. The lowest BCUT2D eigenvalue weighted by atomic mass is 9.46. The number of carboxylic acids is 1. The van der Waals surface area contributed by atoms with E-state index >= 15 is 0 Å². The molecule has 0 aliphatic heterocycles. The van der Waals surface area contributed by atoms with Crippen LogP contribution < -0.4 is 10.1 Å². The molecule has 2 aromatic rings. The van der Waals surface area contributed by atoms with Gasteiger partial charge in [-0.3, -0.25) is 14.4 Å². The van der Waals surface area contributed by atoms with Gasteiger partial charge in [0, 0.05) is 43.0 Å². The first-order chi connectivity index (χ1) is 23.2. The van der Waals surface area contributed by atoms with E-state index in [4.69, 9.17) is 4.74 Å². The topological polar surface area (TPSA) is 133 Å². The molecule has 4 aliphatic rings. The van der Waals surface area contributed by atoms with Crippen molar-refractivity contribution in [3.05, 3.63) is 54.1 Å². The zero-order valence-electron chi connectivity index (χ0n) is 29.7. The van der Waals surface area contributed by atoms with Gasteiger partial charge in [0.1, 0.15) is 18.5 Å². The molecule has 2 unspecified atom stereocenters. The van der Waals surface area contributed by atoms with Crippen LogP contribution in [-0.2, 0) is 14.4 Å². The molecule has 8 nitrogen and oxygen atoms in total. The normalized spacial score (nSPS) is 32.7. The van der Waals surface area contributed by atoms with Gasteiger partial charge in [0.2, 0.25) is 0 Å². The molecular formula is C40H55NO7S. The molecule has 0 spiro atoms. The van der Waals surface area contributed by atoms with Gasteiger partial charge in [-0.15, -0.1) is 0 Å². The van der Waals surface area contributed by atoms with Gasteiger partial charge in [0.05, 0.1) is 5.60 Å². The number of fused-ring (bicyclic) bond motifs is 6. The van der Waals surface area contributed by atoms with E-state index in [-0.39, 0.29) is 39.3 Å². The van der Waals surface area contributed by atoms with E-state index < -0.39 is 17.7 Å². The second-order valence-electron chi connectivity index (χ2n) is 15.6. The van der Waals surface area contributed by atoms with Crippen molar-refractivity contribution in [2.45, 2.75) is 115 Å². The van der Waals surface area contributed by atoms with Gasteiger partial charge in [0.25, 0.3) is 0 Å². The smallest absolute Gasteiger partial charge is 0.303 e. The van der Waals surface area contributed by atoms with Crippen molar-refractivity contribution in [1.82, 2.24) is 5.32 Å². The molecule has 9 heteroatoms. The summed E-state index contributed by atoms with van der Waals surface area (Å²) in [6, 6.07) is 14.4. The molecule has 0 amide bonds. The van der Waals surface area contributed by atoms with Crippen molar-refractivity contribution >= 4 is 39.4 Å². The minimum Gasteiger partial charge on any atom is -0.490 e. The third-order valence-electron chi connectivity index (χ3n) is 12.3. The molecule has 3 saturated carbocycles. The van der Waals surface area contributed by atoms with Crippen LogP contribution in [0.4, 0.5) is 0 Å². The Hall–Kier alpha value is -2.72. The average Bonchev–Trinajstić information content (AvgIpc) is 3.32. The van der Waals surface area contributed by atoms with E-state index in [1.54, 1.807) is 6.92 Å². The largest absolute Gasteiger partial charge is 0.490 e. The van der Waals surface area contributed by atoms with E-state index in [2.05, 4.69) is 45.1 Å². The Morgan fingerprint density at radius 1 is 1.04 bits per heavy atom. The monoisotopic (exact) mass is 693 g/mol. The van der Waals surface area contributed by atoms with E-state index in [0.29, 0.717) is 50.3 Å². The Labute approximate surface area is 295 Å². The second-order valence-corrected chi connectivity index (χ2v) is 17.0. The summed E-state index contributed by atoms with van der Waals surface area (Å²) in [5.41, 5.74) is -0.0514. The van der Waals surface area contributed by atoms with Gasteiger partial charge in [-0.1, -0.05) is 81.4 Å². The van der Waals surface area contributed by atoms with E-state index in [1.165, 1.54) is 17.3 Å². The molecule has 4 N–H and O–H groups in total. The predicted molar refractivity (Wildman–Crippen MR) is 195 cm³/mol. The number of carboxylic acid groups (broad SMARTS) is 1. The number of hydrogen-bond acceptors (Lipinski definition) is 8. The minimum absolute atomic E-state index is 0.00444. The lowest BCUT2D eigenvalue weighted by Gasteiger charge is -2.61. The Balaban J connectivity index is 0.000000212. The van der Waals surface area contributed by atoms with Gasteiger partial charge in [-0.05, 0) is 91.1 Å². The number of benzene rings is 2. The third kappa shape index (κ3) is 7.95. The number of thioether (sulfide) groups is 1. The van der Waals surface area contributed by atoms with Crippen LogP contribution in [0.15, 0.2) is 54.1 Å². The summed E-state index contributed by atoms with van der Waals surface area (Å²) in [6.07, 6.45) is 7.26. The number of aliphatic hydroxyl groups excluding tert-OH is 1. The van der Waals surface area contributed by atoms with Crippen LogP contribution in [0.2, 0.25) is 0 Å². The molecule has 268 valence electrons. The summed E-state index contributed by atoms with van der Waals surface area (Å²) in [4.78, 5) is 35.5. The molecule has 6 rings (SSSR count). The third-order valence-corrected chi connectivity index (χ3v) is 13.4. The minimum atomic E-state index is -0.952. The summed E-state index contributed by atoms with van der Waals surface area (Å²) in [7, 11) is 0. The lowest BCUT2D eigenvalue weighted by molar-refractivity contribution is -0.146. The van der Waals surface area contributed by atoms with Crippen molar-refractivity contribution in [2.75, 3.05) is 13.2 Å². The first-order valence-corrected chi connectivity index (χ1v) is 18.9. The van der Waals surface area contributed by atoms with Crippen LogP contribution in [-0.4, -0.2) is 68.3 Å². The first-order valence-electron chi connectivity index (χ1n) is 18.0. The van der Waals surface area contributed by atoms with Gasteiger partial charge in [0.15, 0.2) is 10.9 Å². The molecule has 8 atom stereocenters. The van der Waals surface area contributed by atoms with E-state index in [1.807, 2.05) is 36.4 Å². The summed E-state index contributed by atoms with van der Waals surface area (Å²) in [5.74, 6) is 1.16. The number of ketones is 1. The van der Waals surface area contributed by atoms with Crippen LogP contribution in [0.3, 0.4) is 0 Å². The lowest BCUT2D eigenvalue weighted by Crippen LogP contribution is -2.58. The molecule has 49 heavy (non-hydrogen) atoms. The fourth-order valence-corrected chi connectivity index (χ4v) is 10.8. The van der Waals surface area contributed by atoms with Crippen LogP contribution in [0.5, 0.6) is 5.75 Å². The van der Waals surface area contributed by atoms with Crippen molar-refractivity contribution < 1.29 is 34.4 Å². The highest BCUT2D eigenvalue weighted by molar-refractivity contribution is 8.14. The van der Waals surface area contributed by atoms with Crippen molar-refractivity contribution in [3.63, 3.8) is 0 Å². The number of hydrogen-bond donors (Lipinski definition) is 4. The number of rotatable bonds is 10. The predicted octanol–water partition coefficient (Wildman–Crippen LogP) is 6.95. The standard InChI is InChI=1S/C24H34O5S.C16H21NO2/c1-14(25)30-19-13-15-12-16(26)4-8-22(15,2)17-5-9-23(3)18(21(17)19)6-10-24(23,29)11-7-20(27)28;1-12(2)17-10-14(18)11-19-16-9-5-7-13-6-3-4-8-15(13)16/h12,17-19,21,29H,4-11,13H2,1-3H3,(H,27,28);3-9,12,14,17-18H,10-11H2,1-2H3/t17-,18-,19+,21+,22-,23-,24?;/m0./s1. The quantitative estimate of drug-likeness (QED) is 0.209. The molecule has 4 aliphatic carbocycles. The summed E-state index contributed by atoms with van der Waals surface area (Å²) < 4.78 is 5.72. The van der Waals surface area contributed by atoms with Gasteiger partial charge in [-0.25, -0.2) is 0 Å². The van der Waals surface area contributed by atoms with Crippen LogP contribution in [0, 0.1) is 28.6 Å². The number of carbonyl (C=O) groups is 3. The highest BCUT2D eigenvalue weighted by Gasteiger charge is 2.65. The van der Waals surface area contributed by atoms with E-state index in [0.717, 1.165) is 48.6 Å². The van der Waals surface area contributed by atoms with Crippen LogP contribution in [0.25, 0.3) is 10.8 Å². The van der Waals surface area contributed by atoms with Crippen LogP contribution in [0.1, 0.15) is 92.4 Å². The van der Waals surface area contributed by atoms with Gasteiger partial charge in [-0.2, -0.15) is 0 Å². The Morgan fingerprint density at radius 3 is 2.47 bits per heavy atom. The summed E-state index contributed by atoms with van der Waals surface area (Å²) in [5, 5.41) is 36.3. The number of aliphatic hydroxyl groups is 2. The molecule has 0 radical (unpaired) electrons. The van der Waals surface area contributed by atoms with Gasteiger partial charge >= 0.3 is 5.97 Å². The number of aliphatic carboxylic acids is 1. The molecule has 0 heterocycles. The number of nitrogens with one attached hydrogen (secondary N) is 1. The van der Waals surface area contributed by atoms with Crippen LogP contribution >= 0.6 is 11.8 Å². The fourth-order valence-electron chi connectivity index (χ4n) is 9.61. The molecule has 3 fully saturated rings. The number of carbonyl (C=O) groups excluding carboxylic acids is 2. The summed E-state index contributed by atoms with van der Waals surface area (Å²) >= 11 is 1.42. The number of ether oxygens (including phenoxy) is 1. The Morgan fingerprint density at radius 2 is 1.76 bits per heavy atom. The summed E-state index contributed by atoms with van der Waals surface area (Å²) in [6.45, 7) is 11.0. The first kappa shape index (κ1) is 37.5. The highest BCUT2D eigenvalue weighted by Crippen LogP contribution is 2.69. The second kappa shape index (κ2) is 15.3. The Kier molecular flexibility index (Phi) is 11.7. The maximum Gasteiger partial charge on any atom is 0.303 e. The highest BCUT2D eigenvalue weighted by atomic mass is 32.2.